The number of nitro benzene ring substituents is 1. The first-order valence-corrected chi connectivity index (χ1v) is 5.00. The van der Waals surface area contributed by atoms with Crippen LogP contribution in [0.4, 0.5) is 15.9 Å². The molecule has 0 saturated carbocycles. The fourth-order valence-electron chi connectivity index (χ4n) is 1.29. The summed E-state index contributed by atoms with van der Waals surface area (Å²) >= 11 is 0. The van der Waals surface area contributed by atoms with Gasteiger partial charge in [-0.05, 0) is 6.07 Å². The van der Waals surface area contributed by atoms with Crippen molar-refractivity contribution < 1.29 is 14.1 Å². The lowest BCUT2D eigenvalue weighted by molar-refractivity contribution is -0.387. The molecular formula is C10H8FN5O3. The highest BCUT2D eigenvalue weighted by Gasteiger charge is 2.14. The van der Waals surface area contributed by atoms with Crippen molar-refractivity contribution in [3.63, 3.8) is 0 Å². The van der Waals surface area contributed by atoms with Crippen molar-refractivity contribution >= 4 is 11.5 Å². The molecule has 2 rings (SSSR count). The molecule has 2 aromatic rings. The normalized spacial score (nSPS) is 10.0. The molecule has 0 aliphatic carbocycles. The lowest BCUT2D eigenvalue weighted by Gasteiger charge is -2.05. The zero-order valence-corrected chi connectivity index (χ0v) is 9.41. The number of nitrogen functional groups attached to an aromatic ring is 1. The maximum Gasteiger partial charge on any atom is 0.305 e. The summed E-state index contributed by atoms with van der Waals surface area (Å²) in [6, 6.07) is 3.15. The summed E-state index contributed by atoms with van der Waals surface area (Å²) in [5.74, 6) is 4.55. The van der Waals surface area contributed by atoms with Gasteiger partial charge in [0.15, 0.2) is 5.82 Å². The van der Waals surface area contributed by atoms with Crippen molar-refractivity contribution in [2.75, 3.05) is 5.43 Å². The second-order valence-electron chi connectivity index (χ2n) is 3.36. The lowest BCUT2D eigenvalue weighted by atomic mass is 10.3. The molecule has 1 heterocycles. The average molecular weight is 265 g/mol. The molecule has 8 nitrogen and oxygen atoms in total. The number of nitrogens with one attached hydrogen (secondary N) is 1. The van der Waals surface area contributed by atoms with Crippen molar-refractivity contribution in [2.24, 2.45) is 5.84 Å². The Morgan fingerprint density at radius 1 is 1.42 bits per heavy atom. The maximum atomic E-state index is 13.4. The molecule has 0 unspecified atom stereocenters. The van der Waals surface area contributed by atoms with Gasteiger partial charge in [-0.1, -0.05) is 0 Å². The number of hydrogen-bond donors (Lipinski definition) is 2. The van der Waals surface area contributed by atoms with E-state index in [1.165, 1.54) is 18.5 Å². The quantitative estimate of drug-likeness (QED) is 0.490. The summed E-state index contributed by atoms with van der Waals surface area (Å²) in [5, 5.41) is 10.5. The number of nitrogens with zero attached hydrogens (tertiary/aromatic N) is 3. The third-order valence-corrected chi connectivity index (χ3v) is 2.10. The van der Waals surface area contributed by atoms with Crippen LogP contribution in [0.25, 0.3) is 0 Å². The minimum absolute atomic E-state index is 0.0616. The van der Waals surface area contributed by atoms with Gasteiger partial charge in [-0.3, -0.25) is 15.1 Å². The van der Waals surface area contributed by atoms with Crippen LogP contribution in [0.5, 0.6) is 11.6 Å². The molecule has 0 spiro atoms. The fraction of sp³-hybridized carbons (Fsp3) is 0. The second kappa shape index (κ2) is 5.23. The third-order valence-electron chi connectivity index (χ3n) is 2.10. The summed E-state index contributed by atoms with van der Waals surface area (Å²) < 4.78 is 18.6. The summed E-state index contributed by atoms with van der Waals surface area (Å²) in [7, 11) is 0. The SMILES string of the molecule is NNc1cncc(Oc2ccc([N+](=O)[O-])c(F)c2)n1. The number of rotatable bonds is 4. The Bertz CT molecular complexity index is 622. The fourth-order valence-corrected chi connectivity index (χ4v) is 1.29. The van der Waals surface area contributed by atoms with Gasteiger partial charge in [0.2, 0.25) is 11.7 Å². The number of anilines is 1. The molecule has 0 aliphatic rings. The van der Waals surface area contributed by atoms with Gasteiger partial charge in [-0.15, -0.1) is 0 Å². The number of halogens is 1. The van der Waals surface area contributed by atoms with Gasteiger partial charge in [0, 0.05) is 12.1 Å². The van der Waals surface area contributed by atoms with E-state index >= 15 is 0 Å². The van der Waals surface area contributed by atoms with Crippen LogP contribution in [0, 0.1) is 15.9 Å². The van der Waals surface area contributed by atoms with Gasteiger partial charge in [-0.25, -0.2) is 5.84 Å². The molecule has 9 heteroatoms. The first-order chi connectivity index (χ1) is 9.10. The highest BCUT2D eigenvalue weighted by Crippen LogP contribution is 2.25. The molecule has 0 radical (unpaired) electrons. The Hall–Kier alpha value is -2.81. The maximum absolute atomic E-state index is 13.4. The van der Waals surface area contributed by atoms with Crippen molar-refractivity contribution in [1.82, 2.24) is 9.97 Å². The molecular weight excluding hydrogens is 257 g/mol. The van der Waals surface area contributed by atoms with Crippen LogP contribution in [0.1, 0.15) is 0 Å². The minimum atomic E-state index is -0.997. The molecule has 0 saturated heterocycles. The number of nitro groups is 1. The monoisotopic (exact) mass is 265 g/mol. The van der Waals surface area contributed by atoms with Crippen LogP contribution in [0.2, 0.25) is 0 Å². The predicted octanol–water partition coefficient (Wildman–Crippen LogP) is 1.60. The highest BCUT2D eigenvalue weighted by atomic mass is 19.1. The molecule has 0 bridgehead atoms. The molecule has 0 atom stereocenters. The summed E-state index contributed by atoms with van der Waals surface area (Å²) in [4.78, 5) is 17.3. The van der Waals surface area contributed by atoms with Crippen LogP contribution in [-0.4, -0.2) is 14.9 Å². The summed E-state index contributed by atoms with van der Waals surface area (Å²) in [5.41, 5.74) is 1.64. The highest BCUT2D eigenvalue weighted by molar-refractivity contribution is 5.40. The second-order valence-corrected chi connectivity index (χ2v) is 3.36. The van der Waals surface area contributed by atoms with Crippen LogP contribution < -0.4 is 16.0 Å². The molecule has 98 valence electrons. The van der Waals surface area contributed by atoms with E-state index in [1.54, 1.807) is 0 Å². The van der Waals surface area contributed by atoms with E-state index in [2.05, 4.69) is 15.4 Å². The van der Waals surface area contributed by atoms with E-state index < -0.39 is 16.4 Å². The number of ether oxygens (including phenoxy) is 1. The first-order valence-electron chi connectivity index (χ1n) is 5.00. The lowest BCUT2D eigenvalue weighted by Crippen LogP contribution is -2.09. The van der Waals surface area contributed by atoms with Crippen LogP contribution in [0.3, 0.4) is 0 Å². The van der Waals surface area contributed by atoms with Gasteiger partial charge in [0.25, 0.3) is 0 Å². The standard InChI is InChI=1S/C10H8FN5O3/c11-7-3-6(1-2-8(7)16(17)18)19-10-5-13-4-9(14-10)15-12/h1-5H,12H2,(H,14,15). The van der Waals surface area contributed by atoms with E-state index in [4.69, 9.17) is 10.6 Å². The van der Waals surface area contributed by atoms with Gasteiger partial charge >= 0.3 is 5.69 Å². The van der Waals surface area contributed by atoms with Crippen LogP contribution >= 0.6 is 0 Å². The van der Waals surface area contributed by atoms with E-state index in [1.807, 2.05) is 0 Å². The van der Waals surface area contributed by atoms with Crippen LogP contribution in [-0.2, 0) is 0 Å². The Kier molecular flexibility index (Phi) is 3.48. The zero-order valence-electron chi connectivity index (χ0n) is 9.41. The Balaban J connectivity index is 2.23. The van der Waals surface area contributed by atoms with Crippen molar-refractivity contribution in [3.05, 3.63) is 46.5 Å². The topological polar surface area (TPSA) is 116 Å². The van der Waals surface area contributed by atoms with Gasteiger partial charge in [-0.2, -0.15) is 9.37 Å². The zero-order chi connectivity index (χ0) is 13.8. The van der Waals surface area contributed by atoms with Crippen molar-refractivity contribution in [3.8, 4) is 11.6 Å². The number of benzene rings is 1. The number of hydrogen-bond acceptors (Lipinski definition) is 7. The third kappa shape index (κ3) is 2.90. The number of hydrazine groups is 1. The smallest absolute Gasteiger partial charge is 0.305 e. The number of aromatic nitrogens is 2. The molecule has 1 aromatic heterocycles. The molecule has 3 N–H and O–H groups in total. The van der Waals surface area contributed by atoms with Gasteiger partial charge in [0.1, 0.15) is 5.75 Å². The molecule has 19 heavy (non-hydrogen) atoms. The Labute approximate surface area is 106 Å². The predicted molar refractivity (Wildman–Crippen MR) is 63.0 cm³/mol. The van der Waals surface area contributed by atoms with E-state index in [0.717, 1.165) is 12.1 Å². The Morgan fingerprint density at radius 3 is 2.84 bits per heavy atom. The Morgan fingerprint density at radius 2 is 2.21 bits per heavy atom. The van der Waals surface area contributed by atoms with Gasteiger partial charge < -0.3 is 10.2 Å². The van der Waals surface area contributed by atoms with E-state index in [9.17, 15) is 14.5 Å². The molecule has 0 amide bonds. The molecule has 1 aromatic carbocycles. The molecule has 0 aliphatic heterocycles. The molecule has 0 fully saturated rings. The van der Waals surface area contributed by atoms with Crippen molar-refractivity contribution in [1.29, 1.82) is 0 Å². The van der Waals surface area contributed by atoms with E-state index in [-0.39, 0.29) is 17.4 Å². The van der Waals surface area contributed by atoms with Crippen LogP contribution in [0.15, 0.2) is 30.6 Å². The summed E-state index contributed by atoms with van der Waals surface area (Å²) in [6.07, 6.45) is 2.66. The average Bonchev–Trinajstić information content (AvgIpc) is 2.38. The van der Waals surface area contributed by atoms with Crippen molar-refractivity contribution in [2.45, 2.75) is 0 Å². The first kappa shape index (κ1) is 12.6. The van der Waals surface area contributed by atoms with Gasteiger partial charge in [0.05, 0.1) is 17.3 Å². The number of nitrogens with two attached hydrogens (primary N) is 1. The minimum Gasteiger partial charge on any atom is -0.437 e. The largest absolute Gasteiger partial charge is 0.437 e. The summed E-state index contributed by atoms with van der Waals surface area (Å²) in [6.45, 7) is 0. The van der Waals surface area contributed by atoms with E-state index in [0.29, 0.717) is 0 Å².